The molecule has 0 amide bonds. The van der Waals surface area contributed by atoms with E-state index in [9.17, 15) is 4.79 Å². The Bertz CT molecular complexity index is 78.5. The van der Waals surface area contributed by atoms with Gasteiger partial charge >= 0.3 is 5.97 Å². The van der Waals surface area contributed by atoms with Crippen molar-refractivity contribution in [2.75, 3.05) is 19.8 Å². The molecule has 0 aliphatic heterocycles. The highest BCUT2D eigenvalue weighted by Gasteiger charge is 1.80. The third-order valence-electron chi connectivity index (χ3n) is 0.742. The van der Waals surface area contributed by atoms with Gasteiger partial charge in [0.1, 0.15) is 0 Å². The fraction of sp³-hybridized carbons (Fsp3) is 0.857. The van der Waals surface area contributed by atoms with Crippen molar-refractivity contribution in [3.05, 3.63) is 0 Å². The first-order chi connectivity index (χ1) is 5.18. The minimum atomic E-state index is -0.745. The molecule has 0 unspecified atom stereocenters. The third-order valence-corrected chi connectivity index (χ3v) is 0.742. The molecule has 0 atom stereocenters. The normalized spacial score (nSPS) is 8.27. The van der Waals surface area contributed by atoms with E-state index in [2.05, 4.69) is 0 Å². The van der Waals surface area contributed by atoms with Crippen LogP contribution in [0.25, 0.3) is 0 Å². The summed E-state index contributed by atoms with van der Waals surface area (Å²) in [6.45, 7) is 4.79. The number of hydrogen-bond acceptors (Lipinski definition) is 3. The summed E-state index contributed by atoms with van der Waals surface area (Å²) in [6, 6.07) is 0. The van der Waals surface area contributed by atoms with Crippen molar-refractivity contribution in [2.24, 2.45) is 0 Å². The van der Waals surface area contributed by atoms with Crippen LogP contribution in [-0.2, 0) is 9.53 Å². The second-order valence-corrected chi connectivity index (χ2v) is 1.67. The van der Waals surface area contributed by atoms with Crippen LogP contribution in [0.4, 0.5) is 0 Å². The Morgan fingerprint density at radius 3 is 2.00 bits per heavy atom. The predicted molar refractivity (Wildman–Crippen MR) is 41.5 cm³/mol. The topological polar surface area (TPSA) is 66.8 Å². The van der Waals surface area contributed by atoms with Crippen LogP contribution in [0.15, 0.2) is 0 Å². The van der Waals surface area contributed by atoms with E-state index >= 15 is 0 Å². The molecular formula is C7H16O4. The van der Waals surface area contributed by atoms with Crippen molar-refractivity contribution in [1.29, 1.82) is 0 Å². The lowest BCUT2D eigenvalue weighted by Gasteiger charge is -1.91. The summed E-state index contributed by atoms with van der Waals surface area (Å²) in [5, 5.41) is 15.8. The minimum Gasteiger partial charge on any atom is -0.481 e. The SMILES string of the molecule is CCC(=O)O.CCOCCO. The molecular weight excluding hydrogens is 148 g/mol. The molecule has 0 radical (unpaired) electrons. The van der Waals surface area contributed by atoms with Gasteiger partial charge in [-0.1, -0.05) is 6.92 Å². The summed E-state index contributed by atoms with van der Waals surface area (Å²) < 4.78 is 4.73. The van der Waals surface area contributed by atoms with E-state index in [1.807, 2.05) is 6.92 Å². The molecule has 0 aliphatic rings. The van der Waals surface area contributed by atoms with Crippen LogP contribution < -0.4 is 0 Å². The van der Waals surface area contributed by atoms with Gasteiger partial charge in [-0.2, -0.15) is 0 Å². The van der Waals surface area contributed by atoms with Crippen LogP contribution in [0.5, 0.6) is 0 Å². The van der Waals surface area contributed by atoms with Gasteiger partial charge in [-0.05, 0) is 6.92 Å². The smallest absolute Gasteiger partial charge is 0.303 e. The van der Waals surface area contributed by atoms with Gasteiger partial charge in [0.2, 0.25) is 0 Å². The zero-order valence-electron chi connectivity index (χ0n) is 7.04. The fourth-order valence-corrected chi connectivity index (χ4v) is 0.209. The van der Waals surface area contributed by atoms with E-state index < -0.39 is 5.97 Å². The van der Waals surface area contributed by atoms with E-state index in [0.29, 0.717) is 13.2 Å². The zero-order chi connectivity index (χ0) is 9.11. The van der Waals surface area contributed by atoms with Gasteiger partial charge in [-0.3, -0.25) is 4.79 Å². The number of hydrogen-bond donors (Lipinski definition) is 2. The van der Waals surface area contributed by atoms with Gasteiger partial charge in [-0.25, -0.2) is 0 Å². The van der Waals surface area contributed by atoms with Crippen LogP contribution in [0, 0.1) is 0 Å². The highest BCUT2D eigenvalue weighted by atomic mass is 16.5. The lowest BCUT2D eigenvalue weighted by atomic mass is 10.5. The maximum Gasteiger partial charge on any atom is 0.303 e. The molecule has 0 aromatic heterocycles. The molecule has 4 nitrogen and oxygen atoms in total. The van der Waals surface area contributed by atoms with Crippen molar-refractivity contribution in [3.8, 4) is 0 Å². The van der Waals surface area contributed by atoms with E-state index in [1.54, 1.807) is 6.92 Å². The second-order valence-electron chi connectivity index (χ2n) is 1.67. The van der Waals surface area contributed by atoms with E-state index in [-0.39, 0.29) is 13.0 Å². The molecule has 0 bridgehead atoms. The summed E-state index contributed by atoms with van der Waals surface area (Å²) in [4.78, 5) is 9.37. The lowest BCUT2D eigenvalue weighted by Crippen LogP contribution is -1.96. The molecule has 0 fully saturated rings. The molecule has 11 heavy (non-hydrogen) atoms. The Kier molecular flexibility index (Phi) is 14.3. The maximum atomic E-state index is 9.37. The molecule has 0 spiro atoms. The Labute approximate surface area is 66.8 Å². The molecule has 4 heteroatoms. The Balaban J connectivity index is 0. The fourth-order valence-electron chi connectivity index (χ4n) is 0.209. The highest BCUT2D eigenvalue weighted by molar-refractivity contribution is 5.66. The third kappa shape index (κ3) is 26.6. The van der Waals surface area contributed by atoms with Crippen molar-refractivity contribution >= 4 is 5.97 Å². The number of aliphatic carboxylic acids is 1. The number of rotatable bonds is 4. The number of ether oxygens (including phenoxy) is 1. The van der Waals surface area contributed by atoms with E-state index in [1.165, 1.54) is 0 Å². The van der Waals surface area contributed by atoms with Crippen LogP contribution in [0.1, 0.15) is 20.3 Å². The van der Waals surface area contributed by atoms with Gasteiger partial charge in [-0.15, -0.1) is 0 Å². The number of aliphatic hydroxyl groups excluding tert-OH is 1. The molecule has 0 aromatic carbocycles. The first-order valence-electron chi connectivity index (χ1n) is 3.59. The molecule has 0 aliphatic carbocycles. The lowest BCUT2D eigenvalue weighted by molar-refractivity contribution is -0.136. The largest absolute Gasteiger partial charge is 0.481 e. The molecule has 0 aromatic rings. The average Bonchev–Trinajstić information content (AvgIpc) is 2.02. The second kappa shape index (κ2) is 12.1. The first-order valence-corrected chi connectivity index (χ1v) is 3.59. The molecule has 0 saturated heterocycles. The van der Waals surface area contributed by atoms with Gasteiger partial charge in [0, 0.05) is 13.0 Å². The van der Waals surface area contributed by atoms with Gasteiger partial charge in [0.05, 0.1) is 13.2 Å². The van der Waals surface area contributed by atoms with Crippen LogP contribution >= 0.6 is 0 Å². The summed E-state index contributed by atoms with van der Waals surface area (Å²) in [7, 11) is 0. The van der Waals surface area contributed by atoms with Crippen molar-refractivity contribution < 1.29 is 19.7 Å². The number of carboxylic acids is 1. The molecule has 0 heterocycles. The molecule has 0 saturated carbocycles. The maximum absolute atomic E-state index is 9.37. The highest BCUT2D eigenvalue weighted by Crippen LogP contribution is 1.67. The van der Waals surface area contributed by atoms with Crippen molar-refractivity contribution in [3.63, 3.8) is 0 Å². The van der Waals surface area contributed by atoms with Gasteiger partial charge in [0.15, 0.2) is 0 Å². The van der Waals surface area contributed by atoms with Crippen LogP contribution in [0.3, 0.4) is 0 Å². The van der Waals surface area contributed by atoms with Gasteiger partial charge in [0.25, 0.3) is 0 Å². The zero-order valence-corrected chi connectivity index (χ0v) is 7.04. The molecule has 68 valence electrons. The van der Waals surface area contributed by atoms with Crippen LogP contribution in [0.2, 0.25) is 0 Å². The van der Waals surface area contributed by atoms with E-state index in [0.717, 1.165) is 0 Å². The monoisotopic (exact) mass is 164 g/mol. The summed E-state index contributed by atoms with van der Waals surface area (Å²) in [5.41, 5.74) is 0. The average molecular weight is 164 g/mol. The summed E-state index contributed by atoms with van der Waals surface area (Å²) >= 11 is 0. The number of carbonyl (C=O) groups is 1. The minimum absolute atomic E-state index is 0.133. The Morgan fingerprint density at radius 2 is 1.91 bits per heavy atom. The van der Waals surface area contributed by atoms with Crippen molar-refractivity contribution in [2.45, 2.75) is 20.3 Å². The van der Waals surface area contributed by atoms with Crippen molar-refractivity contribution in [1.82, 2.24) is 0 Å². The number of carboxylic acid groups (broad SMARTS) is 1. The number of aliphatic hydroxyl groups is 1. The summed E-state index contributed by atoms with van der Waals surface area (Å²) in [6.07, 6.45) is 0.222. The molecule has 0 rings (SSSR count). The van der Waals surface area contributed by atoms with Crippen LogP contribution in [-0.4, -0.2) is 36.0 Å². The van der Waals surface area contributed by atoms with Gasteiger partial charge < -0.3 is 14.9 Å². The first kappa shape index (κ1) is 13.0. The molecule has 2 N–H and O–H groups in total. The predicted octanol–water partition coefficient (Wildman–Crippen LogP) is 0.496. The Hall–Kier alpha value is -0.610. The quantitative estimate of drug-likeness (QED) is 0.593. The van der Waals surface area contributed by atoms with E-state index in [4.69, 9.17) is 14.9 Å². The summed E-state index contributed by atoms with van der Waals surface area (Å²) in [5.74, 6) is -0.745. The Morgan fingerprint density at radius 1 is 1.45 bits per heavy atom. The standard InChI is InChI=1S/C4H10O2.C3H6O2/c1-2-6-4-3-5;1-2-3(4)5/h5H,2-4H2,1H3;2H2,1H3,(H,4,5).